The first-order valence-electron chi connectivity index (χ1n) is 9.73. The largest absolute Gasteiger partial charge is 0.334 e. The SMILES string of the molecule is Cc1cnc(-c2cccnc2)n1C1CCCN(C(=O)NCc2ccccc2)C1. The number of nitrogens with zero attached hydrogens (tertiary/aromatic N) is 4. The first kappa shape index (κ1) is 18.2. The molecule has 1 N–H and O–H groups in total. The minimum absolute atomic E-state index is 0.00532. The molecule has 1 saturated heterocycles. The molecule has 0 bridgehead atoms. The van der Waals surface area contributed by atoms with Gasteiger partial charge in [-0.05, 0) is 37.5 Å². The molecule has 1 unspecified atom stereocenters. The summed E-state index contributed by atoms with van der Waals surface area (Å²) in [5.41, 5.74) is 3.21. The van der Waals surface area contributed by atoms with Crippen molar-refractivity contribution in [2.45, 2.75) is 32.4 Å². The predicted molar refractivity (Wildman–Crippen MR) is 109 cm³/mol. The number of urea groups is 1. The summed E-state index contributed by atoms with van der Waals surface area (Å²) in [4.78, 5) is 23.5. The zero-order chi connectivity index (χ0) is 19.3. The number of likely N-dealkylation sites (tertiary alicyclic amines) is 1. The van der Waals surface area contributed by atoms with E-state index >= 15 is 0 Å². The van der Waals surface area contributed by atoms with E-state index in [1.54, 1.807) is 6.20 Å². The van der Waals surface area contributed by atoms with Crippen LogP contribution < -0.4 is 5.32 Å². The van der Waals surface area contributed by atoms with Crippen molar-refractivity contribution in [2.75, 3.05) is 13.1 Å². The minimum Gasteiger partial charge on any atom is -0.334 e. The second-order valence-corrected chi connectivity index (χ2v) is 7.22. The van der Waals surface area contributed by atoms with Gasteiger partial charge in [0, 0.05) is 49.5 Å². The van der Waals surface area contributed by atoms with Crippen molar-refractivity contribution in [3.63, 3.8) is 0 Å². The summed E-state index contributed by atoms with van der Waals surface area (Å²) >= 11 is 0. The van der Waals surface area contributed by atoms with Crippen molar-refractivity contribution in [3.05, 3.63) is 72.3 Å². The van der Waals surface area contributed by atoms with E-state index in [1.165, 1.54) is 0 Å². The number of hydrogen-bond donors (Lipinski definition) is 1. The van der Waals surface area contributed by atoms with Crippen LogP contribution in [0.2, 0.25) is 0 Å². The van der Waals surface area contributed by atoms with Gasteiger partial charge < -0.3 is 14.8 Å². The highest BCUT2D eigenvalue weighted by Gasteiger charge is 2.27. The molecule has 1 aliphatic heterocycles. The van der Waals surface area contributed by atoms with Gasteiger partial charge in [0.05, 0.1) is 6.04 Å². The van der Waals surface area contributed by atoms with Gasteiger partial charge in [-0.1, -0.05) is 30.3 Å². The first-order chi connectivity index (χ1) is 13.7. The van der Waals surface area contributed by atoms with Crippen LogP contribution in [0.15, 0.2) is 61.1 Å². The third kappa shape index (κ3) is 3.91. The first-order valence-corrected chi connectivity index (χ1v) is 9.73. The molecule has 28 heavy (non-hydrogen) atoms. The van der Waals surface area contributed by atoms with Gasteiger partial charge >= 0.3 is 6.03 Å². The van der Waals surface area contributed by atoms with Gasteiger partial charge in [0.15, 0.2) is 0 Å². The highest BCUT2D eigenvalue weighted by molar-refractivity contribution is 5.74. The lowest BCUT2D eigenvalue weighted by Crippen LogP contribution is -2.45. The summed E-state index contributed by atoms with van der Waals surface area (Å²) in [5, 5.41) is 3.05. The summed E-state index contributed by atoms with van der Waals surface area (Å²) < 4.78 is 2.26. The number of carbonyl (C=O) groups excluding carboxylic acids is 1. The van der Waals surface area contributed by atoms with E-state index in [4.69, 9.17) is 0 Å². The lowest BCUT2D eigenvalue weighted by Gasteiger charge is -2.34. The Bertz CT molecular complexity index is 923. The Morgan fingerprint density at radius 1 is 1.18 bits per heavy atom. The number of carbonyl (C=O) groups is 1. The van der Waals surface area contributed by atoms with Gasteiger partial charge in [0.2, 0.25) is 0 Å². The van der Waals surface area contributed by atoms with Gasteiger partial charge in [0.1, 0.15) is 5.82 Å². The average molecular weight is 375 g/mol. The molecule has 2 aromatic heterocycles. The third-order valence-corrected chi connectivity index (χ3v) is 5.24. The molecule has 1 aliphatic rings. The lowest BCUT2D eigenvalue weighted by atomic mass is 10.0. The van der Waals surface area contributed by atoms with E-state index in [0.717, 1.165) is 42.0 Å². The van der Waals surface area contributed by atoms with Crippen molar-refractivity contribution in [1.29, 1.82) is 0 Å². The Labute approximate surface area is 165 Å². The molecule has 6 nitrogen and oxygen atoms in total. The highest BCUT2D eigenvalue weighted by atomic mass is 16.2. The summed E-state index contributed by atoms with van der Waals surface area (Å²) in [6, 6.07) is 14.2. The van der Waals surface area contributed by atoms with Gasteiger partial charge in [-0.2, -0.15) is 0 Å². The molecule has 3 heterocycles. The van der Waals surface area contributed by atoms with Crippen molar-refractivity contribution >= 4 is 6.03 Å². The van der Waals surface area contributed by atoms with Gasteiger partial charge in [-0.3, -0.25) is 4.98 Å². The molecule has 1 fully saturated rings. The molecule has 6 heteroatoms. The molecule has 0 radical (unpaired) electrons. The smallest absolute Gasteiger partial charge is 0.317 e. The van der Waals surface area contributed by atoms with E-state index in [9.17, 15) is 4.79 Å². The molecule has 1 aromatic carbocycles. The zero-order valence-electron chi connectivity index (χ0n) is 16.1. The lowest BCUT2D eigenvalue weighted by molar-refractivity contribution is 0.166. The van der Waals surface area contributed by atoms with Crippen LogP contribution in [-0.4, -0.2) is 38.6 Å². The molecule has 0 spiro atoms. The van der Waals surface area contributed by atoms with Crippen molar-refractivity contribution in [1.82, 2.24) is 24.8 Å². The fraction of sp³-hybridized carbons (Fsp3) is 0.318. The van der Waals surface area contributed by atoms with E-state index in [2.05, 4.69) is 26.8 Å². The topological polar surface area (TPSA) is 63.1 Å². The van der Waals surface area contributed by atoms with Crippen LogP contribution in [0.3, 0.4) is 0 Å². The third-order valence-electron chi connectivity index (χ3n) is 5.24. The predicted octanol–water partition coefficient (Wildman–Crippen LogP) is 3.80. The number of piperidine rings is 1. The number of imidazole rings is 1. The Morgan fingerprint density at radius 2 is 2.04 bits per heavy atom. The number of hydrogen-bond acceptors (Lipinski definition) is 3. The van der Waals surface area contributed by atoms with E-state index < -0.39 is 0 Å². The second-order valence-electron chi connectivity index (χ2n) is 7.22. The standard InChI is InChI=1S/C22H25N5O/c1-17-13-24-21(19-9-5-11-23-15-19)27(17)20-10-6-12-26(16-20)22(28)25-14-18-7-3-2-4-8-18/h2-5,7-9,11,13,15,20H,6,10,12,14,16H2,1H3,(H,25,28). The van der Waals surface area contributed by atoms with Crippen LogP contribution in [-0.2, 0) is 6.54 Å². The number of benzene rings is 1. The molecule has 4 rings (SSSR count). The number of aromatic nitrogens is 3. The summed E-state index contributed by atoms with van der Waals surface area (Å²) in [6.45, 7) is 4.09. The van der Waals surface area contributed by atoms with Crippen molar-refractivity contribution in [3.8, 4) is 11.4 Å². The Hall–Kier alpha value is -3.15. The Balaban J connectivity index is 1.47. The average Bonchev–Trinajstić information content (AvgIpc) is 3.15. The highest BCUT2D eigenvalue weighted by Crippen LogP contribution is 2.29. The van der Waals surface area contributed by atoms with Crippen molar-refractivity contribution < 1.29 is 4.79 Å². The molecular formula is C22H25N5O. The summed E-state index contributed by atoms with van der Waals surface area (Å²) in [6.07, 6.45) is 7.52. The summed E-state index contributed by atoms with van der Waals surface area (Å²) in [7, 11) is 0. The maximum Gasteiger partial charge on any atom is 0.317 e. The number of amides is 2. The molecule has 144 valence electrons. The van der Waals surface area contributed by atoms with Gasteiger partial charge in [-0.25, -0.2) is 9.78 Å². The van der Waals surface area contributed by atoms with E-state index in [0.29, 0.717) is 13.1 Å². The Kier molecular flexibility index (Phi) is 5.37. The summed E-state index contributed by atoms with van der Waals surface area (Å²) in [5.74, 6) is 0.919. The van der Waals surface area contributed by atoms with Crippen LogP contribution in [0.1, 0.15) is 30.1 Å². The molecule has 1 atom stereocenters. The van der Waals surface area contributed by atoms with E-state index in [1.807, 2.05) is 59.8 Å². The van der Waals surface area contributed by atoms with Crippen LogP contribution in [0, 0.1) is 6.92 Å². The number of aryl methyl sites for hydroxylation is 1. The van der Waals surface area contributed by atoms with Crippen LogP contribution >= 0.6 is 0 Å². The van der Waals surface area contributed by atoms with Crippen LogP contribution in [0.5, 0.6) is 0 Å². The maximum atomic E-state index is 12.7. The normalized spacial score (nSPS) is 16.8. The number of rotatable bonds is 4. The Morgan fingerprint density at radius 3 is 2.82 bits per heavy atom. The molecular weight excluding hydrogens is 350 g/mol. The van der Waals surface area contributed by atoms with E-state index in [-0.39, 0.29) is 12.1 Å². The van der Waals surface area contributed by atoms with Gasteiger partial charge in [0.25, 0.3) is 0 Å². The molecule has 3 aromatic rings. The number of pyridine rings is 1. The molecule has 0 aliphatic carbocycles. The van der Waals surface area contributed by atoms with Gasteiger partial charge in [-0.15, -0.1) is 0 Å². The van der Waals surface area contributed by atoms with Crippen LogP contribution in [0.25, 0.3) is 11.4 Å². The fourth-order valence-electron chi connectivity index (χ4n) is 3.85. The zero-order valence-corrected chi connectivity index (χ0v) is 16.1. The fourth-order valence-corrected chi connectivity index (χ4v) is 3.85. The van der Waals surface area contributed by atoms with Crippen LogP contribution in [0.4, 0.5) is 4.79 Å². The molecule has 0 saturated carbocycles. The molecule has 2 amide bonds. The van der Waals surface area contributed by atoms with Crippen molar-refractivity contribution in [2.24, 2.45) is 0 Å². The minimum atomic E-state index is -0.00532. The number of nitrogens with one attached hydrogen (secondary N) is 1. The second kappa shape index (κ2) is 8.25. The quantitative estimate of drug-likeness (QED) is 0.754. The maximum absolute atomic E-state index is 12.7. The monoisotopic (exact) mass is 375 g/mol.